The maximum absolute atomic E-state index is 13.3. The summed E-state index contributed by atoms with van der Waals surface area (Å²) >= 11 is 0. The van der Waals surface area contributed by atoms with Gasteiger partial charge in [0.15, 0.2) is 5.82 Å². The second-order valence-corrected chi connectivity index (χ2v) is 8.26. The molecule has 0 aliphatic carbocycles. The number of pyridine rings is 2. The largest absolute Gasteiger partial charge is 0.506 e. The van der Waals surface area contributed by atoms with Crippen LogP contribution in [0, 0.1) is 5.92 Å². The third-order valence-corrected chi connectivity index (χ3v) is 6.06. The minimum atomic E-state index is -4.24. The Morgan fingerprint density at radius 1 is 1.18 bits per heavy atom. The molecule has 0 radical (unpaired) electrons. The van der Waals surface area contributed by atoms with Gasteiger partial charge in [-0.05, 0) is 50.5 Å². The van der Waals surface area contributed by atoms with E-state index < -0.39 is 18.1 Å². The lowest BCUT2D eigenvalue weighted by Crippen LogP contribution is -2.42. The number of carbonyl (C=O) groups excluding carboxylic acids is 1. The lowest BCUT2D eigenvalue weighted by atomic mass is 9.97. The van der Waals surface area contributed by atoms with Crippen LogP contribution in [0.15, 0.2) is 30.5 Å². The van der Waals surface area contributed by atoms with E-state index in [1.54, 1.807) is 11.0 Å². The first-order valence-electron chi connectivity index (χ1n) is 11.1. The van der Waals surface area contributed by atoms with E-state index in [0.717, 1.165) is 12.2 Å². The van der Waals surface area contributed by atoms with Gasteiger partial charge >= 0.3 is 12.2 Å². The van der Waals surface area contributed by atoms with E-state index in [9.17, 15) is 23.1 Å². The van der Waals surface area contributed by atoms with Crippen LogP contribution >= 0.6 is 0 Å². The predicted octanol–water partition coefficient (Wildman–Crippen LogP) is 4.23. The maximum atomic E-state index is 13.3. The van der Waals surface area contributed by atoms with Gasteiger partial charge in [0.05, 0.1) is 17.8 Å². The zero-order valence-corrected chi connectivity index (χ0v) is 18.3. The Balaban J connectivity index is 1.64. The van der Waals surface area contributed by atoms with Gasteiger partial charge < -0.3 is 14.9 Å². The summed E-state index contributed by atoms with van der Waals surface area (Å²) in [6, 6.07) is 6.04. The third kappa shape index (κ3) is 5.07. The Hall–Kier alpha value is -3.24. The van der Waals surface area contributed by atoms with E-state index in [0.29, 0.717) is 44.1 Å². The third-order valence-electron chi connectivity index (χ3n) is 6.06. The lowest BCUT2D eigenvalue weighted by molar-refractivity contribution is -0.176. The molecule has 1 unspecified atom stereocenters. The van der Waals surface area contributed by atoms with Gasteiger partial charge in [0.1, 0.15) is 17.4 Å². The molecule has 33 heavy (non-hydrogen) atoms. The number of hydrogen-bond donors (Lipinski definition) is 2. The number of piperidine rings is 1. The quantitative estimate of drug-likeness (QED) is 0.707. The number of anilines is 4. The molecule has 4 rings (SSSR count). The van der Waals surface area contributed by atoms with Crippen molar-refractivity contribution < 1.29 is 23.1 Å². The Bertz CT molecular complexity index is 985. The van der Waals surface area contributed by atoms with Crippen LogP contribution in [0.2, 0.25) is 0 Å². The summed E-state index contributed by atoms with van der Waals surface area (Å²) in [5.41, 5.74) is 0.761. The summed E-state index contributed by atoms with van der Waals surface area (Å²) in [6.07, 6.45) is -1.76. The van der Waals surface area contributed by atoms with Crippen LogP contribution in [-0.2, 0) is 0 Å². The SMILES string of the molecule is CCN1CCCN(C(=O)Nc2ccc(O)cn2)c2nc(N3CCCC(C(F)(F)F)C3)ccc21. The van der Waals surface area contributed by atoms with Gasteiger partial charge in [-0.2, -0.15) is 13.2 Å². The van der Waals surface area contributed by atoms with Crippen molar-refractivity contribution in [1.29, 1.82) is 0 Å². The molecule has 8 nitrogen and oxygen atoms in total. The average molecular weight is 464 g/mol. The van der Waals surface area contributed by atoms with E-state index in [2.05, 4.69) is 15.2 Å². The highest BCUT2D eigenvalue weighted by Crippen LogP contribution is 2.37. The van der Waals surface area contributed by atoms with Crippen molar-refractivity contribution in [2.75, 3.05) is 52.7 Å². The molecule has 2 amide bonds. The molecular formula is C22H27F3N6O2. The van der Waals surface area contributed by atoms with Crippen molar-refractivity contribution in [1.82, 2.24) is 9.97 Å². The fraction of sp³-hybridized carbons (Fsp3) is 0.500. The summed E-state index contributed by atoms with van der Waals surface area (Å²) in [6.45, 7) is 4.19. The number of aromatic hydroxyl groups is 1. The van der Waals surface area contributed by atoms with Gasteiger partial charge in [-0.3, -0.25) is 10.2 Å². The number of fused-ring (bicyclic) bond motifs is 1. The van der Waals surface area contributed by atoms with Gasteiger partial charge in [0, 0.05) is 32.7 Å². The predicted molar refractivity (Wildman–Crippen MR) is 120 cm³/mol. The Morgan fingerprint density at radius 2 is 2.00 bits per heavy atom. The van der Waals surface area contributed by atoms with Gasteiger partial charge in [-0.25, -0.2) is 14.8 Å². The first kappa shape index (κ1) is 22.9. The van der Waals surface area contributed by atoms with E-state index in [1.807, 2.05) is 13.0 Å². The molecule has 0 bridgehead atoms. The summed E-state index contributed by atoms with van der Waals surface area (Å²) in [4.78, 5) is 27.1. The van der Waals surface area contributed by atoms with Gasteiger partial charge in [-0.15, -0.1) is 0 Å². The molecule has 2 N–H and O–H groups in total. The van der Waals surface area contributed by atoms with Crippen molar-refractivity contribution in [2.24, 2.45) is 5.92 Å². The zero-order chi connectivity index (χ0) is 23.6. The molecule has 2 aliphatic heterocycles. The smallest absolute Gasteiger partial charge is 0.393 e. The maximum Gasteiger partial charge on any atom is 0.393 e. The minimum Gasteiger partial charge on any atom is -0.506 e. The monoisotopic (exact) mass is 464 g/mol. The number of carbonyl (C=O) groups is 1. The molecular weight excluding hydrogens is 437 g/mol. The first-order chi connectivity index (χ1) is 15.8. The van der Waals surface area contributed by atoms with Gasteiger partial charge in [-0.1, -0.05) is 0 Å². The number of aromatic nitrogens is 2. The average Bonchev–Trinajstić information content (AvgIpc) is 2.99. The van der Waals surface area contributed by atoms with Crippen molar-refractivity contribution in [3.63, 3.8) is 0 Å². The normalized spacial score (nSPS) is 19.2. The lowest BCUT2D eigenvalue weighted by Gasteiger charge is -2.35. The molecule has 11 heteroatoms. The number of alkyl halides is 3. The number of nitrogens with one attached hydrogen (secondary N) is 1. The summed E-state index contributed by atoms with van der Waals surface area (Å²) in [7, 11) is 0. The molecule has 2 aliphatic rings. The van der Waals surface area contributed by atoms with Crippen LogP contribution in [0.1, 0.15) is 26.2 Å². The number of hydrogen-bond acceptors (Lipinski definition) is 6. The van der Waals surface area contributed by atoms with E-state index in [4.69, 9.17) is 4.98 Å². The van der Waals surface area contributed by atoms with Crippen molar-refractivity contribution in [3.8, 4) is 5.75 Å². The minimum absolute atomic E-state index is 0.0169. The molecule has 2 aromatic heterocycles. The van der Waals surface area contributed by atoms with Crippen LogP contribution in [0.5, 0.6) is 5.75 Å². The molecule has 1 atom stereocenters. The van der Waals surface area contributed by atoms with Crippen LogP contribution in [0.3, 0.4) is 0 Å². The fourth-order valence-electron chi connectivity index (χ4n) is 4.31. The summed E-state index contributed by atoms with van der Waals surface area (Å²) in [5.74, 6) is -0.287. The fourth-order valence-corrected chi connectivity index (χ4v) is 4.31. The van der Waals surface area contributed by atoms with Crippen molar-refractivity contribution in [2.45, 2.75) is 32.4 Å². The molecule has 0 spiro atoms. The highest BCUT2D eigenvalue weighted by atomic mass is 19.4. The number of nitrogens with zero attached hydrogens (tertiary/aromatic N) is 5. The number of urea groups is 1. The van der Waals surface area contributed by atoms with Crippen molar-refractivity contribution in [3.05, 3.63) is 30.5 Å². The molecule has 1 fully saturated rings. The van der Waals surface area contributed by atoms with E-state index in [1.165, 1.54) is 23.2 Å². The van der Waals surface area contributed by atoms with Crippen molar-refractivity contribution >= 4 is 29.2 Å². The summed E-state index contributed by atoms with van der Waals surface area (Å²) in [5, 5.41) is 12.1. The molecule has 1 saturated heterocycles. The van der Waals surface area contributed by atoms with Crippen LogP contribution < -0.4 is 20.0 Å². The molecule has 4 heterocycles. The standard InChI is InChI=1S/C22H27F3N6O2/c1-2-29-11-4-12-31(21(33)27-18-8-6-16(32)13-26-18)20-17(29)7-9-19(28-20)30-10-3-5-15(14-30)22(23,24)25/h6-9,13,15,32H,2-5,10-12,14H2,1H3,(H,26,27,33). The highest BCUT2D eigenvalue weighted by molar-refractivity contribution is 6.03. The van der Waals surface area contributed by atoms with E-state index >= 15 is 0 Å². The van der Waals surface area contributed by atoms with E-state index in [-0.39, 0.29) is 24.5 Å². The Labute approximate surface area is 190 Å². The molecule has 2 aromatic rings. The Kier molecular flexibility index (Phi) is 6.48. The molecule has 0 saturated carbocycles. The zero-order valence-electron chi connectivity index (χ0n) is 18.3. The van der Waals surface area contributed by atoms with Crippen LogP contribution in [0.4, 0.5) is 41.1 Å². The highest BCUT2D eigenvalue weighted by Gasteiger charge is 2.42. The van der Waals surface area contributed by atoms with Crippen LogP contribution in [-0.4, -0.2) is 60.0 Å². The molecule has 178 valence electrons. The van der Waals surface area contributed by atoms with Gasteiger partial charge in [0.2, 0.25) is 0 Å². The summed E-state index contributed by atoms with van der Waals surface area (Å²) < 4.78 is 40.0. The van der Waals surface area contributed by atoms with Crippen LogP contribution in [0.25, 0.3) is 0 Å². The van der Waals surface area contributed by atoms with Gasteiger partial charge in [0.25, 0.3) is 0 Å². The number of amides is 2. The second-order valence-electron chi connectivity index (χ2n) is 8.26. The first-order valence-corrected chi connectivity index (χ1v) is 11.1. The second kappa shape index (κ2) is 9.32. The molecule has 0 aromatic carbocycles. The number of halogens is 3. The number of rotatable bonds is 3. The topological polar surface area (TPSA) is 84.8 Å². The Morgan fingerprint density at radius 3 is 2.70 bits per heavy atom.